The van der Waals surface area contributed by atoms with E-state index in [0.29, 0.717) is 12.2 Å². The van der Waals surface area contributed by atoms with Crippen molar-refractivity contribution in [1.82, 2.24) is 9.55 Å². The number of para-hydroxylation sites is 1. The molecule has 1 aromatic heterocycles. The molecule has 27 heavy (non-hydrogen) atoms. The lowest BCUT2D eigenvalue weighted by atomic mass is 10.2. The molecule has 7 heteroatoms. The van der Waals surface area contributed by atoms with Gasteiger partial charge in [0.2, 0.25) is 0 Å². The van der Waals surface area contributed by atoms with Crippen LogP contribution in [-0.2, 0) is 11.3 Å². The Morgan fingerprint density at radius 3 is 2.33 bits per heavy atom. The molecule has 0 saturated heterocycles. The molecule has 138 valence electrons. The first-order valence-corrected chi connectivity index (χ1v) is 8.56. The molecule has 2 aromatic carbocycles. The van der Waals surface area contributed by atoms with Crippen LogP contribution in [0.4, 0.5) is 16.3 Å². The summed E-state index contributed by atoms with van der Waals surface area (Å²) in [5.74, 6) is -0.390. The molecule has 0 bridgehead atoms. The fraction of sp³-hybridized carbons (Fsp3) is 0.150. The van der Waals surface area contributed by atoms with Gasteiger partial charge in [-0.25, -0.2) is 14.6 Å². The number of ether oxygens (including phenoxy) is 1. The topological polar surface area (TPSA) is 85.2 Å². The van der Waals surface area contributed by atoms with Crippen molar-refractivity contribution in [2.45, 2.75) is 13.5 Å². The SMILES string of the molecule is CCOC(=O)c1c(NC(=O)Nc2ccccc2)ncn1Cc1ccccc1. The minimum absolute atomic E-state index is 0.151. The number of benzene rings is 2. The van der Waals surface area contributed by atoms with Gasteiger partial charge in [-0.15, -0.1) is 0 Å². The van der Waals surface area contributed by atoms with E-state index in [0.717, 1.165) is 5.56 Å². The van der Waals surface area contributed by atoms with Gasteiger partial charge in [-0.3, -0.25) is 5.32 Å². The highest BCUT2D eigenvalue weighted by Gasteiger charge is 2.22. The number of anilines is 2. The molecule has 0 atom stereocenters. The third-order valence-corrected chi connectivity index (χ3v) is 3.77. The van der Waals surface area contributed by atoms with Gasteiger partial charge < -0.3 is 14.6 Å². The Balaban J connectivity index is 1.81. The molecule has 0 radical (unpaired) electrons. The highest BCUT2D eigenvalue weighted by Crippen LogP contribution is 2.18. The van der Waals surface area contributed by atoms with Gasteiger partial charge in [0.15, 0.2) is 11.5 Å². The summed E-state index contributed by atoms with van der Waals surface area (Å²) in [6, 6.07) is 18.2. The largest absolute Gasteiger partial charge is 0.461 e. The molecule has 3 rings (SSSR count). The molecule has 2 N–H and O–H groups in total. The number of hydrogen-bond acceptors (Lipinski definition) is 4. The lowest BCUT2D eigenvalue weighted by molar-refractivity contribution is 0.0515. The second kappa shape index (κ2) is 8.66. The van der Waals surface area contributed by atoms with Crippen LogP contribution in [0.3, 0.4) is 0 Å². The fourth-order valence-electron chi connectivity index (χ4n) is 2.58. The Labute approximate surface area is 157 Å². The number of esters is 1. The number of nitrogens with one attached hydrogen (secondary N) is 2. The van der Waals surface area contributed by atoms with E-state index in [9.17, 15) is 9.59 Å². The summed E-state index contributed by atoms with van der Waals surface area (Å²) < 4.78 is 6.79. The first-order chi connectivity index (χ1) is 13.2. The van der Waals surface area contributed by atoms with Crippen LogP contribution < -0.4 is 10.6 Å². The Bertz CT molecular complexity index is 907. The molecule has 0 aliphatic rings. The number of urea groups is 1. The summed E-state index contributed by atoms with van der Waals surface area (Å²) >= 11 is 0. The molecule has 0 unspecified atom stereocenters. The quantitative estimate of drug-likeness (QED) is 0.652. The normalized spacial score (nSPS) is 10.3. The van der Waals surface area contributed by atoms with E-state index < -0.39 is 12.0 Å². The molecule has 3 aromatic rings. The van der Waals surface area contributed by atoms with Gasteiger partial charge in [0.05, 0.1) is 12.9 Å². The summed E-state index contributed by atoms with van der Waals surface area (Å²) in [5, 5.41) is 5.32. The van der Waals surface area contributed by atoms with Crippen LogP contribution in [-0.4, -0.2) is 28.2 Å². The minimum Gasteiger partial charge on any atom is -0.461 e. The van der Waals surface area contributed by atoms with Crippen molar-refractivity contribution in [3.63, 3.8) is 0 Å². The van der Waals surface area contributed by atoms with Crippen LogP contribution >= 0.6 is 0 Å². The van der Waals surface area contributed by atoms with Crippen LogP contribution in [0, 0.1) is 0 Å². The molecule has 0 fully saturated rings. The van der Waals surface area contributed by atoms with E-state index in [4.69, 9.17) is 4.74 Å². The zero-order valence-electron chi connectivity index (χ0n) is 14.9. The van der Waals surface area contributed by atoms with Crippen LogP contribution in [0.1, 0.15) is 23.0 Å². The van der Waals surface area contributed by atoms with Gasteiger partial charge in [0.25, 0.3) is 0 Å². The average molecular weight is 364 g/mol. The number of carbonyl (C=O) groups is 2. The van der Waals surface area contributed by atoms with Gasteiger partial charge in [-0.1, -0.05) is 48.5 Å². The van der Waals surface area contributed by atoms with Crippen LogP contribution in [0.25, 0.3) is 0 Å². The van der Waals surface area contributed by atoms with E-state index in [-0.39, 0.29) is 18.1 Å². The van der Waals surface area contributed by atoms with Crippen molar-refractivity contribution in [1.29, 1.82) is 0 Å². The number of amides is 2. The highest BCUT2D eigenvalue weighted by molar-refractivity contribution is 6.03. The maximum absolute atomic E-state index is 12.4. The number of rotatable bonds is 6. The molecule has 1 heterocycles. The third kappa shape index (κ3) is 4.72. The summed E-state index contributed by atoms with van der Waals surface area (Å²) in [6.45, 7) is 2.39. The van der Waals surface area contributed by atoms with Gasteiger partial charge in [0, 0.05) is 12.2 Å². The van der Waals surface area contributed by atoms with E-state index >= 15 is 0 Å². The minimum atomic E-state index is -0.541. The Morgan fingerprint density at radius 2 is 1.67 bits per heavy atom. The average Bonchev–Trinajstić information content (AvgIpc) is 3.05. The third-order valence-electron chi connectivity index (χ3n) is 3.77. The van der Waals surface area contributed by atoms with Gasteiger partial charge in [-0.2, -0.15) is 0 Å². The Hall–Kier alpha value is -3.61. The van der Waals surface area contributed by atoms with Crippen molar-refractivity contribution in [3.05, 3.63) is 78.2 Å². The van der Waals surface area contributed by atoms with Crippen molar-refractivity contribution in [2.24, 2.45) is 0 Å². The Morgan fingerprint density at radius 1 is 1.00 bits per heavy atom. The van der Waals surface area contributed by atoms with E-state index in [1.807, 2.05) is 48.5 Å². The second-order valence-corrected chi connectivity index (χ2v) is 5.72. The zero-order chi connectivity index (χ0) is 19.1. The molecule has 0 aliphatic heterocycles. The highest BCUT2D eigenvalue weighted by atomic mass is 16.5. The zero-order valence-corrected chi connectivity index (χ0v) is 14.9. The van der Waals surface area contributed by atoms with Gasteiger partial charge in [-0.05, 0) is 24.6 Å². The van der Waals surface area contributed by atoms with Crippen molar-refractivity contribution >= 4 is 23.5 Å². The van der Waals surface area contributed by atoms with Crippen LogP contribution in [0.5, 0.6) is 0 Å². The lowest BCUT2D eigenvalue weighted by Crippen LogP contribution is -2.22. The first kappa shape index (κ1) is 18.2. The summed E-state index contributed by atoms with van der Waals surface area (Å²) in [4.78, 5) is 28.9. The monoisotopic (exact) mass is 364 g/mol. The van der Waals surface area contributed by atoms with E-state index in [1.165, 1.54) is 6.33 Å². The van der Waals surface area contributed by atoms with Gasteiger partial charge >= 0.3 is 12.0 Å². The molecule has 0 spiro atoms. The number of aromatic nitrogens is 2. The van der Waals surface area contributed by atoms with Crippen molar-refractivity contribution in [3.8, 4) is 0 Å². The smallest absolute Gasteiger partial charge is 0.358 e. The second-order valence-electron chi connectivity index (χ2n) is 5.72. The van der Waals surface area contributed by atoms with E-state index in [1.54, 1.807) is 23.6 Å². The number of hydrogen-bond donors (Lipinski definition) is 2. The molecular formula is C20H20N4O3. The van der Waals surface area contributed by atoms with Crippen LogP contribution in [0.2, 0.25) is 0 Å². The molecule has 7 nitrogen and oxygen atoms in total. The summed E-state index contributed by atoms with van der Waals surface area (Å²) in [7, 11) is 0. The number of carbonyl (C=O) groups excluding carboxylic acids is 2. The van der Waals surface area contributed by atoms with Gasteiger partial charge in [0.1, 0.15) is 0 Å². The molecule has 2 amide bonds. The summed E-state index contributed by atoms with van der Waals surface area (Å²) in [6.07, 6.45) is 1.51. The fourth-order valence-corrected chi connectivity index (χ4v) is 2.58. The first-order valence-electron chi connectivity index (χ1n) is 8.56. The molecule has 0 saturated carbocycles. The van der Waals surface area contributed by atoms with Crippen LogP contribution in [0.15, 0.2) is 67.0 Å². The maximum atomic E-state index is 12.4. The lowest BCUT2D eigenvalue weighted by Gasteiger charge is -2.10. The standard InChI is InChI=1S/C20H20N4O3/c1-2-27-19(25)17-18(23-20(26)22-16-11-7-4-8-12-16)21-14-24(17)13-15-9-5-3-6-10-15/h3-12,14H,2,13H2,1H3,(H2,22,23,26). The van der Waals surface area contributed by atoms with E-state index in [2.05, 4.69) is 15.6 Å². The summed E-state index contributed by atoms with van der Waals surface area (Å²) in [5.41, 5.74) is 1.83. The van der Waals surface area contributed by atoms with Crippen molar-refractivity contribution < 1.29 is 14.3 Å². The Kier molecular flexibility index (Phi) is 5.84. The predicted molar refractivity (Wildman–Crippen MR) is 103 cm³/mol. The number of nitrogens with zero attached hydrogens (tertiary/aromatic N) is 2. The van der Waals surface area contributed by atoms with Crippen molar-refractivity contribution in [2.75, 3.05) is 17.2 Å². The molecular weight excluding hydrogens is 344 g/mol. The number of imidazole rings is 1. The predicted octanol–water partition coefficient (Wildman–Crippen LogP) is 3.75. The maximum Gasteiger partial charge on any atom is 0.358 e. The molecule has 0 aliphatic carbocycles.